The highest BCUT2D eigenvalue weighted by Crippen LogP contribution is 2.35. The first kappa shape index (κ1) is 13.3. The Hall–Kier alpha value is -1.14. The van der Waals surface area contributed by atoms with E-state index in [9.17, 15) is 5.26 Å². The van der Waals surface area contributed by atoms with E-state index in [1.165, 1.54) is 19.3 Å². The van der Waals surface area contributed by atoms with Crippen LogP contribution in [-0.4, -0.2) is 12.3 Å². The molecule has 96 valence electrons. The maximum Gasteiger partial charge on any atom is 0.102 e. The smallest absolute Gasteiger partial charge is 0.102 e. The van der Waals surface area contributed by atoms with Crippen molar-refractivity contribution in [3.63, 3.8) is 0 Å². The predicted octanol–water partition coefficient (Wildman–Crippen LogP) is 4.27. The number of nitriles is 1. The monoisotopic (exact) mass is 260 g/mol. The Labute approximate surface area is 114 Å². The van der Waals surface area contributed by atoms with Crippen molar-refractivity contribution >= 4 is 17.4 Å². The van der Waals surface area contributed by atoms with Gasteiger partial charge in [-0.3, -0.25) is 0 Å². The van der Waals surface area contributed by atoms with Gasteiger partial charge in [0.1, 0.15) is 6.07 Å². The van der Waals surface area contributed by atoms with Crippen molar-refractivity contribution in [2.24, 2.45) is 5.92 Å². The van der Waals surface area contributed by atoms with Crippen LogP contribution in [-0.2, 0) is 0 Å². The van der Waals surface area contributed by atoms with Gasteiger partial charge in [-0.1, -0.05) is 25.8 Å². The molecule has 1 N–H and O–H groups in total. The molecule has 0 bridgehead atoms. The normalized spacial score (nSPS) is 16.1. The molecule has 18 heavy (non-hydrogen) atoms. The van der Waals surface area contributed by atoms with Crippen LogP contribution in [0.3, 0.4) is 0 Å². The molecule has 1 saturated carbocycles. The second-order valence-electron chi connectivity index (χ2n) is 4.92. The number of hydrogen-bond acceptors (Lipinski definition) is 3. The summed E-state index contributed by atoms with van der Waals surface area (Å²) in [6.45, 7) is 2.21. The molecule has 1 aliphatic rings. The molecule has 0 spiro atoms. The fourth-order valence-corrected chi connectivity index (χ4v) is 2.81. The molecule has 0 aromatic heterocycles. The summed E-state index contributed by atoms with van der Waals surface area (Å²) in [6, 6.07) is 8.89. The summed E-state index contributed by atoms with van der Waals surface area (Å²) in [5.41, 5.74) is 1.79. The van der Waals surface area contributed by atoms with Gasteiger partial charge in [0.25, 0.3) is 0 Å². The van der Waals surface area contributed by atoms with Crippen molar-refractivity contribution in [2.45, 2.75) is 43.5 Å². The molecule has 1 aromatic carbocycles. The molecule has 1 fully saturated rings. The van der Waals surface area contributed by atoms with E-state index in [-0.39, 0.29) is 0 Å². The number of anilines is 1. The minimum Gasteiger partial charge on any atom is -0.381 e. The standard InChI is InChI=1S/C15H20N2S/c1-3-12(9-11-7-8-11)17-14-5-4-6-15(18-2)13(14)10-16/h4-6,11-12,17H,3,7-9H2,1-2H3. The maximum atomic E-state index is 9.31. The average Bonchev–Trinajstić information content (AvgIpc) is 3.21. The largest absolute Gasteiger partial charge is 0.381 e. The van der Waals surface area contributed by atoms with Crippen LogP contribution in [0.4, 0.5) is 5.69 Å². The van der Waals surface area contributed by atoms with Crippen molar-refractivity contribution in [1.82, 2.24) is 0 Å². The molecule has 0 radical (unpaired) electrons. The molecule has 3 heteroatoms. The van der Waals surface area contributed by atoms with Crippen LogP contribution in [0.15, 0.2) is 23.1 Å². The van der Waals surface area contributed by atoms with Crippen LogP contribution in [0.5, 0.6) is 0 Å². The second kappa shape index (κ2) is 6.15. The molecule has 1 atom stereocenters. The van der Waals surface area contributed by atoms with Gasteiger partial charge in [-0.25, -0.2) is 0 Å². The number of thioether (sulfide) groups is 1. The van der Waals surface area contributed by atoms with Gasteiger partial charge >= 0.3 is 0 Å². The first-order chi connectivity index (χ1) is 8.78. The van der Waals surface area contributed by atoms with Gasteiger partial charge < -0.3 is 5.32 Å². The Bertz CT molecular complexity index is 446. The van der Waals surface area contributed by atoms with Crippen LogP contribution in [0.2, 0.25) is 0 Å². The lowest BCUT2D eigenvalue weighted by molar-refractivity contribution is 0.587. The minimum atomic E-state index is 0.502. The van der Waals surface area contributed by atoms with Crippen molar-refractivity contribution in [1.29, 1.82) is 5.26 Å². The molecular formula is C15H20N2S. The Kier molecular flexibility index (Phi) is 4.54. The third kappa shape index (κ3) is 3.20. The highest BCUT2D eigenvalue weighted by Gasteiger charge is 2.25. The van der Waals surface area contributed by atoms with Crippen LogP contribution >= 0.6 is 11.8 Å². The van der Waals surface area contributed by atoms with Crippen molar-refractivity contribution in [3.05, 3.63) is 23.8 Å². The predicted molar refractivity (Wildman–Crippen MR) is 78.0 cm³/mol. The van der Waals surface area contributed by atoms with Gasteiger partial charge in [0.05, 0.1) is 11.3 Å². The third-order valence-electron chi connectivity index (χ3n) is 3.53. The van der Waals surface area contributed by atoms with Crippen molar-refractivity contribution < 1.29 is 0 Å². The molecular weight excluding hydrogens is 240 g/mol. The van der Waals surface area contributed by atoms with Crippen LogP contribution in [0.25, 0.3) is 0 Å². The summed E-state index contributed by atoms with van der Waals surface area (Å²) in [5, 5.41) is 12.9. The Morgan fingerprint density at radius 2 is 2.28 bits per heavy atom. The molecule has 2 nitrogen and oxygen atoms in total. The SMILES string of the molecule is CCC(CC1CC1)Nc1cccc(SC)c1C#N. The van der Waals surface area contributed by atoms with Crippen LogP contribution in [0.1, 0.15) is 38.2 Å². The first-order valence-corrected chi connectivity index (χ1v) is 7.84. The Morgan fingerprint density at radius 3 is 2.83 bits per heavy atom. The molecule has 0 aliphatic heterocycles. The lowest BCUT2D eigenvalue weighted by atomic mass is 10.1. The van der Waals surface area contributed by atoms with Gasteiger partial charge in [0, 0.05) is 10.9 Å². The number of benzene rings is 1. The van der Waals surface area contributed by atoms with E-state index < -0.39 is 0 Å². The fourth-order valence-electron chi connectivity index (χ4n) is 2.24. The van der Waals surface area contributed by atoms with Crippen molar-refractivity contribution in [2.75, 3.05) is 11.6 Å². The first-order valence-electron chi connectivity index (χ1n) is 6.62. The average molecular weight is 260 g/mol. The molecule has 1 aromatic rings. The molecule has 0 heterocycles. The van der Waals surface area contributed by atoms with Gasteiger partial charge in [-0.15, -0.1) is 11.8 Å². The lowest BCUT2D eigenvalue weighted by Gasteiger charge is -2.19. The zero-order chi connectivity index (χ0) is 13.0. The van der Waals surface area contributed by atoms with E-state index in [0.29, 0.717) is 6.04 Å². The quantitative estimate of drug-likeness (QED) is 0.776. The summed E-state index contributed by atoms with van der Waals surface area (Å²) >= 11 is 1.63. The van der Waals surface area contributed by atoms with Gasteiger partial charge in [0.15, 0.2) is 0 Å². The third-order valence-corrected chi connectivity index (χ3v) is 4.31. The summed E-state index contributed by atoms with van der Waals surface area (Å²) in [5.74, 6) is 0.914. The second-order valence-corrected chi connectivity index (χ2v) is 5.77. The molecule has 1 unspecified atom stereocenters. The minimum absolute atomic E-state index is 0.502. The Morgan fingerprint density at radius 1 is 1.50 bits per heavy atom. The summed E-state index contributed by atoms with van der Waals surface area (Å²) in [6.07, 6.45) is 7.14. The topological polar surface area (TPSA) is 35.8 Å². The van der Waals surface area contributed by atoms with E-state index in [4.69, 9.17) is 0 Å². The zero-order valence-corrected chi connectivity index (χ0v) is 11.9. The van der Waals surface area contributed by atoms with Gasteiger partial charge in [-0.05, 0) is 37.1 Å². The van der Waals surface area contributed by atoms with E-state index in [2.05, 4.69) is 18.3 Å². The number of nitrogens with one attached hydrogen (secondary N) is 1. The number of hydrogen-bond donors (Lipinski definition) is 1. The van der Waals surface area contributed by atoms with E-state index in [1.54, 1.807) is 11.8 Å². The number of nitrogens with zero attached hydrogens (tertiary/aromatic N) is 1. The van der Waals surface area contributed by atoms with Crippen molar-refractivity contribution in [3.8, 4) is 6.07 Å². The number of rotatable bonds is 6. The zero-order valence-electron chi connectivity index (χ0n) is 11.1. The van der Waals surface area contributed by atoms with Crippen LogP contribution in [0, 0.1) is 17.2 Å². The van der Waals surface area contributed by atoms with E-state index in [0.717, 1.165) is 28.5 Å². The highest BCUT2D eigenvalue weighted by molar-refractivity contribution is 7.98. The molecule has 1 aliphatic carbocycles. The van der Waals surface area contributed by atoms with Crippen LogP contribution < -0.4 is 5.32 Å². The Balaban J connectivity index is 2.13. The van der Waals surface area contributed by atoms with E-state index >= 15 is 0 Å². The fraction of sp³-hybridized carbons (Fsp3) is 0.533. The summed E-state index contributed by atoms with van der Waals surface area (Å²) in [4.78, 5) is 1.06. The van der Waals surface area contributed by atoms with Gasteiger partial charge in [-0.2, -0.15) is 5.26 Å². The maximum absolute atomic E-state index is 9.31. The molecule has 2 rings (SSSR count). The summed E-state index contributed by atoms with van der Waals surface area (Å²) in [7, 11) is 0. The highest BCUT2D eigenvalue weighted by atomic mass is 32.2. The molecule has 0 saturated heterocycles. The summed E-state index contributed by atoms with van der Waals surface area (Å²) < 4.78 is 0. The lowest BCUT2D eigenvalue weighted by Crippen LogP contribution is -2.19. The van der Waals surface area contributed by atoms with Gasteiger partial charge in [0.2, 0.25) is 0 Å². The van der Waals surface area contributed by atoms with E-state index in [1.807, 2.05) is 24.5 Å². The molecule has 0 amide bonds.